The normalized spacial score (nSPS) is 17.8. The second-order valence-electron chi connectivity index (χ2n) is 6.15. The van der Waals surface area contributed by atoms with Crippen LogP contribution in [0.2, 0.25) is 0 Å². The summed E-state index contributed by atoms with van der Waals surface area (Å²) < 4.78 is 34.1. The molecule has 0 aliphatic carbocycles. The number of hydrogen-bond donors (Lipinski definition) is 1. The van der Waals surface area contributed by atoms with Crippen LogP contribution in [0.3, 0.4) is 0 Å². The standard InChI is InChI=1S/C18H17Br2NO5S/c19-13-8-12(9-14(20)10-13)11-26-15-3-5-16(6-4-15)27(24,25)21-7-1-2-17(21)18(22)23/h3-6,8-10,17H,1-2,7,11H2,(H,22,23)/t17-/m0/s1. The Hall–Kier alpha value is -1.42. The summed E-state index contributed by atoms with van der Waals surface area (Å²) in [5.41, 5.74) is 0.953. The Kier molecular flexibility index (Phi) is 6.25. The molecule has 27 heavy (non-hydrogen) atoms. The number of carboxylic acids is 1. The van der Waals surface area contributed by atoms with E-state index in [4.69, 9.17) is 4.74 Å². The molecule has 144 valence electrons. The van der Waals surface area contributed by atoms with Gasteiger partial charge in [-0.15, -0.1) is 0 Å². The van der Waals surface area contributed by atoms with Gasteiger partial charge in [-0.1, -0.05) is 31.9 Å². The third-order valence-electron chi connectivity index (χ3n) is 4.25. The van der Waals surface area contributed by atoms with Crippen LogP contribution in [0.5, 0.6) is 5.75 Å². The lowest BCUT2D eigenvalue weighted by atomic mass is 10.2. The van der Waals surface area contributed by atoms with Crippen LogP contribution in [0.15, 0.2) is 56.3 Å². The molecular formula is C18H17Br2NO5S. The fraction of sp³-hybridized carbons (Fsp3) is 0.278. The Morgan fingerprint density at radius 3 is 2.37 bits per heavy atom. The molecule has 1 saturated heterocycles. The summed E-state index contributed by atoms with van der Waals surface area (Å²) >= 11 is 6.84. The van der Waals surface area contributed by atoms with Gasteiger partial charge in [-0.05, 0) is 60.9 Å². The van der Waals surface area contributed by atoms with Crippen molar-refractivity contribution in [2.24, 2.45) is 0 Å². The minimum absolute atomic E-state index is 0.0631. The summed E-state index contributed by atoms with van der Waals surface area (Å²) in [6, 6.07) is 10.8. The lowest BCUT2D eigenvalue weighted by Gasteiger charge is -2.21. The molecule has 1 aliphatic heterocycles. The number of nitrogens with zero attached hydrogens (tertiary/aromatic N) is 1. The van der Waals surface area contributed by atoms with Crippen molar-refractivity contribution >= 4 is 47.9 Å². The molecule has 0 bridgehead atoms. The molecule has 1 fully saturated rings. The molecule has 2 aromatic rings. The van der Waals surface area contributed by atoms with Crippen molar-refractivity contribution in [1.82, 2.24) is 4.31 Å². The average Bonchev–Trinajstić information content (AvgIpc) is 3.10. The number of aliphatic carboxylic acids is 1. The zero-order valence-corrected chi connectivity index (χ0v) is 18.1. The molecule has 1 N–H and O–H groups in total. The molecule has 6 nitrogen and oxygen atoms in total. The molecule has 0 saturated carbocycles. The first-order valence-electron chi connectivity index (χ1n) is 8.20. The second kappa shape index (κ2) is 8.30. The van der Waals surface area contributed by atoms with Gasteiger partial charge in [0.2, 0.25) is 10.0 Å². The largest absolute Gasteiger partial charge is 0.489 e. The highest BCUT2D eigenvalue weighted by Gasteiger charge is 2.39. The monoisotopic (exact) mass is 517 g/mol. The van der Waals surface area contributed by atoms with E-state index < -0.39 is 22.0 Å². The lowest BCUT2D eigenvalue weighted by molar-refractivity contribution is -0.140. The van der Waals surface area contributed by atoms with E-state index in [1.54, 1.807) is 12.1 Å². The van der Waals surface area contributed by atoms with E-state index >= 15 is 0 Å². The van der Waals surface area contributed by atoms with Crippen molar-refractivity contribution in [3.05, 3.63) is 57.0 Å². The molecule has 1 atom stereocenters. The number of halogens is 2. The van der Waals surface area contributed by atoms with E-state index in [0.29, 0.717) is 25.2 Å². The van der Waals surface area contributed by atoms with Crippen LogP contribution in [0.1, 0.15) is 18.4 Å². The molecule has 9 heteroatoms. The maximum Gasteiger partial charge on any atom is 0.322 e. The molecule has 0 unspecified atom stereocenters. The molecule has 0 aromatic heterocycles. The lowest BCUT2D eigenvalue weighted by Crippen LogP contribution is -2.40. The Morgan fingerprint density at radius 1 is 1.15 bits per heavy atom. The van der Waals surface area contributed by atoms with Crippen LogP contribution in [0.25, 0.3) is 0 Å². The van der Waals surface area contributed by atoms with Crippen molar-refractivity contribution < 1.29 is 23.1 Å². The van der Waals surface area contributed by atoms with Crippen molar-refractivity contribution in [2.75, 3.05) is 6.54 Å². The average molecular weight is 519 g/mol. The SMILES string of the molecule is O=C(O)[C@@H]1CCCN1S(=O)(=O)c1ccc(OCc2cc(Br)cc(Br)c2)cc1. The third-order valence-corrected chi connectivity index (χ3v) is 7.08. The predicted molar refractivity (Wildman–Crippen MR) is 107 cm³/mol. The van der Waals surface area contributed by atoms with Crippen LogP contribution in [0.4, 0.5) is 0 Å². The van der Waals surface area contributed by atoms with Crippen LogP contribution in [-0.2, 0) is 21.4 Å². The molecule has 2 aromatic carbocycles. The van der Waals surface area contributed by atoms with E-state index in [0.717, 1.165) is 18.8 Å². The number of hydrogen-bond acceptors (Lipinski definition) is 4. The van der Waals surface area contributed by atoms with E-state index in [9.17, 15) is 18.3 Å². The van der Waals surface area contributed by atoms with Crippen molar-refractivity contribution in [3.8, 4) is 5.75 Å². The maximum atomic E-state index is 12.7. The Bertz CT molecular complexity index is 926. The molecule has 1 aliphatic rings. The van der Waals surface area contributed by atoms with E-state index in [2.05, 4.69) is 31.9 Å². The molecule has 0 radical (unpaired) electrons. The molecule has 3 rings (SSSR count). The Balaban J connectivity index is 1.72. The van der Waals surface area contributed by atoms with Gasteiger partial charge in [-0.25, -0.2) is 8.42 Å². The molecular weight excluding hydrogens is 502 g/mol. The van der Waals surface area contributed by atoms with E-state index in [1.165, 1.54) is 12.1 Å². The molecule has 0 amide bonds. The van der Waals surface area contributed by atoms with E-state index in [1.807, 2.05) is 18.2 Å². The van der Waals surface area contributed by atoms with Crippen LogP contribution >= 0.6 is 31.9 Å². The van der Waals surface area contributed by atoms with Gasteiger partial charge in [-0.3, -0.25) is 4.79 Å². The smallest absolute Gasteiger partial charge is 0.322 e. The minimum atomic E-state index is -3.84. The second-order valence-corrected chi connectivity index (χ2v) is 9.87. The van der Waals surface area contributed by atoms with Crippen molar-refractivity contribution in [2.45, 2.75) is 30.4 Å². The fourth-order valence-electron chi connectivity index (χ4n) is 2.98. The highest BCUT2D eigenvalue weighted by Crippen LogP contribution is 2.28. The fourth-order valence-corrected chi connectivity index (χ4v) is 6.02. The van der Waals surface area contributed by atoms with Gasteiger partial charge in [0.15, 0.2) is 0 Å². The first-order chi connectivity index (χ1) is 12.8. The van der Waals surface area contributed by atoms with Gasteiger partial charge in [0.25, 0.3) is 0 Å². The summed E-state index contributed by atoms with van der Waals surface area (Å²) in [7, 11) is -3.84. The number of benzene rings is 2. The minimum Gasteiger partial charge on any atom is -0.489 e. The molecule has 0 spiro atoms. The predicted octanol–water partition coefficient (Wildman–Crippen LogP) is 4.03. The first kappa shape index (κ1) is 20.3. The summed E-state index contributed by atoms with van der Waals surface area (Å²) in [5.74, 6) is -0.586. The van der Waals surface area contributed by atoms with Crippen LogP contribution < -0.4 is 4.74 Å². The van der Waals surface area contributed by atoms with Gasteiger partial charge in [0.05, 0.1) is 4.90 Å². The highest BCUT2D eigenvalue weighted by molar-refractivity contribution is 9.11. The zero-order valence-electron chi connectivity index (χ0n) is 14.1. The van der Waals surface area contributed by atoms with Crippen LogP contribution in [0, 0.1) is 0 Å². The number of rotatable bonds is 6. The maximum absolute atomic E-state index is 12.7. The summed E-state index contributed by atoms with van der Waals surface area (Å²) in [4.78, 5) is 11.3. The summed E-state index contributed by atoms with van der Waals surface area (Å²) in [6.45, 7) is 0.548. The van der Waals surface area contributed by atoms with Crippen LogP contribution in [-0.4, -0.2) is 36.4 Å². The zero-order chi connectivity index (χ0) is 19.6. The van der Waals surface area contributed by atoms with Gasteiger partial charge in [-0.2, -0.15) is 4.31 Å². The van der Waals surface area contributed by atoms with Gasteiger partial charge in [0, 0.05) is 15.5 Å². The Morgan fingerprint density at radius 2 is 1.78 bits per heavy atom. The third kappa shape index (κ3) is 4.71. The number of ether oxygens (including phenoxy) is 1. The Labute approximate surface area is 174 Å². The summed E-state index contributed by atoms with van der Waals surface area (Å²) in [5, 5.41) is 9.22. The van der Waals surface area contributed by atoms with Gasteiger partial charge in [0.1, 0.15) is 18.4 Å². The topological polar surface area (TPSA) is 83.9 Å². The number of sulfonamides is 1. The van der Waals surface area contributed by atoms with E-state index in [-0.39, 0.29) is 11.4 Å². The quantitative estimate of drug-likeness (QED) is 0.624. The molecule has 1 heterocycles. The van der Waals surface area contributed by atoms with Crippen molar-refractivity contribution in [1.29, 1.82) is 0 Å². The first-order valence-corrected chi connectivity index (χ1v) is 11.2. The van der Waals surface area contributed by atoms with Gasteiger partial charge >= 0.3 is 5.97 Å². The number of carbonyl (C=O) groups is 1. The number of carboxylic acid groups (broad SMARTS) is 1. The summed E-state index contributed by atoms with van der Waals surface area (Å²) in [6.07, 6.45) is 0.873. The van der Waals surface area contributed by atoms with Crippen molar-refractivity contribution in [3.63, 3.8) is 0 Å². The highest BCUT2D eigenvalue weighted by atomic mass is 79.9. The van der Waals surface area contributed by atoms with Gasteiger partial charge < -0.3 is 9.84 Å².